The average molecular weight is 361 g/mol. The van der Waals surface area contributed by atoms with Gasteiger partial charge in [-0.05, 0) is 30.3 Å². The molecule has 0 saturated carbocycles. The number of nitrogens with one attached hydrogen (secondary N) is 1. The molecule has 0 aliphatic carbocycles. The summed E-state index contributed by atoms with van der Waals surface area (Å²) in [5, 5.41) is 2.67. The fraction of sp³-hybridized carbons (Fsp3) is 0.200. The number of anilines is 1. The van der Waals surface area contributed by atoms with Gasteiger partial charge in [0.1, 0.15) is 11.3 Å². The van der Waals surface area contributed by atoms with Crippen LogP contribution in [0, 0.1) is 0 Å². The Morgan fingerprint density at radius 1 is 1.33 bits per heavy atom. The Kier molecular flexibility index (Phi) is 5.50. The van der Waals surface area contributed by atoms with Gasteiger partial charge in [0.05, 0.1) is 12.8 Å². The van der Waals surface area contributed by atoms with Crippen molar-refractivity contribution in [3.05, 3.63) is 47.1 Å². The van der Waals surface area contributed by atoms with E-state index < -0.39 is 18.7 Å². The Labute approximate surface area is 140 Å². The number of pyridine rings is 1. The maximum atomic E-state index is 12.3. The molecule has 1 aromatic heterocycles. The highest BCUT2D eigenvalue weighted by Gasteiger charge is 2.29. The lowest BCUT2D eigenvalue weighted by molar-refractivity contribution is -0.153. The van der Waals surface area contributed by atoms with Gasteiger partial charge >= 0.3 is 6.18 Å². The van der Waals surface area contributed by atoms with Gasteiger partial charge in [-0.2, -0.15) is 13.2 Å². The third-order valence-corrected chi connectivity index (χ3v) is 3.03. The smallest absolute Gasteiger partial charge is 0.422 e. The number of aromatic nitrogens is 1. The van der Waals surface area contributed by atoms with Crippen molar-refractivity contribution in [1.82, 2.24) is 4.98 Å². The van der Waals surface area contributed by atoms with Crippen LogP contribution < -0.4 is 14.8 Å². The number of ether oxygens (including phenoxy) is 2. The van der Waals surface area contributed by atoms with Gasteiger partial charge in [-0.25, -0.2) is 4.98 Å². The lowest BCUT2D eigenvalue weighted by atomic mass is 10.2. The van der Waals surface area contributed by atoms with Gasteiger partial charge in [0.25, 0.3) is 5.91 Å². The minimum Gasteiger partial charge on any atom is -0.482 e. The molecule has 0 aliphatic rings. The van der Waals surface area contributed by atoms with Crippen molar-refractivity contribution in [2.75, 3.05) is 19.0 Å². The second-order valence-electron chi connectivity index (χ2n) is 4.56. The molecule has 0 fully saturated rings. The molecule has 0 atom stereocenters. The van der Waals surface area contributed by atoms with Crippen LogP contribution in [0.5, 0.6) is 11.6 Å². The minimum atomic E-state index is -4.51. The zero-order chi connectivity index (χ0) is 17.7. The lowest BCUT2D eigenvalue weighted by Gasteiger charge is -2.14. The number of halogens is 4. The highest BCUT2D eigenvalue weighted by Crippen LogP contribution is 2.30. The molecule has 2 rings (SSSR count). The quantitative estimate of drug-likeness (QED) is 0.877. The van der Waals surface area contributed by atoms with Crippen molar-refractivity contribution in [2.45, 2.75) is 6.18 Å². The Bertz CT molecular complexity index is 738. The summed E-state index contributed by atoms with van der Waals surface area (Å²) < 4.78 is 46.6. The van der Waals surface area contributed by atoms with Crippen LogP contribution in [0.3, 0.4) is 0 Å². The van der Waals surface area contributed by atoms with Crippen molar-refractivity contribution in [3.8, 4) is 11.6 Å². The number of hydrogen-bond acceptors (Lipinski definition) is 4. The van der Waals surface area contributed by atoms with Gasteiger partial charge in [-0.1, -0.05) is 11.6 Å². The molecule has 1 amide bonds. The van der Waals surface area contributed by atoms with Crippen molar-refractivity contribution in [3.63, 3.8) is 0 Å². The molecule has 0 spiro atoms. The number of alkyl halides is 3. The van der Waals surface area contributed by atoms with Crippen LogP contribution in [-0.2, 0) is 0 Å². The molecule has 2 aromatic rings. The van der Waals surface area contributed by atoms with Gasteiger partial charge in [0, 0.05) is 11.2 Å². The molecule has 1 aromatic carbocycles. The summed E-state index contributed by atoms with van der Waals surface area (Å²) in [4.78, 5) is 16.2. The Balaban J connectivity index is 2.25. The molecule has 0 saturated heterocycles. The second-order valence-corrected chi connectivity index (χ2v) is 5.00. The maximum absolute atomic E-state index is 12.3. The van der Waals surface area contributed by atoms with E-state index >= 15 is 0 Å². The molecular formula is C15H12ClF3N2O3. The van der Waals surface area contributed by atoms with Gasteiger partial charge in [-0.15, -0.1) is 0 Å². The zero-order valence-corrected chi connectivity index (χ0v) is 13.1. The van der Waals surface area contributed by atoms with E-state index in [1.54, 1.807) is 0 Å². The topological polar surface area (TPSA) is 60.5 Å². The van der Waals surface area contributed by atoms with E-state index in [0.717, 1.165) is 0 Å². The van der Waals surface area contributed by atoms with E-state index in [0.29, 0.717) is 0 Å². The Morgan fingerprint density at radius 2 is 2.08 bits per heavy atom. The van der Waals surface area contributed by atoms with Crippen LogP contribution in [0.4, 0.5) is 18.9 Å². The summed E-state index contributed by atoms with van der Waals surface area (Å²) in [5.41, 5.74) is 0.115. The first kappa shape index (κ1) is 17.9. The fourth-order valence-electron chi connectivity index (χ4n) is 1.80. The van der Waals surface area contributed by atoms with Gasteiger partial charge in [-0.3, -0.25) is 4.79 Å². The number of carbonyl (C=O) groups is 1. The molecule has 128 valence electrons. The number of carbonyl (C=O) groups excluding carboxylic acids is 1. The average Bonchev–Trinajstić information content (AvgIpc) is 2.53. The molecule has 0 bridgehead atoms. The molecule has 5 nitrogen and oxygen atoms in total. The van der Waals surface area contributed by atoms with Gasteiger partial charge in [0.2, 0.25) is 5.88 Å². The summed E-state index contributed by atoms with van der Waals surface area (Å²) in [5.74, 6) is -0.707. The summed E-state index contributed by atoms with van der Waals surface area (Å²) in [6, 6.07) is 6.87. The SMILES string of the molecule is COc1ncccc1C(=O)Nc1cc(Cl)ccc1OCC(F)(F)F. The summed E-state index contributed by atoms with van der Waals surface area (Å²) in [7, 11) is 1.34. The van der Waals surface area contributed by atoms with Crippen LogP contribution in [0.15, 0.2) is 36.5 Å². The van der Waals surface area contributed by atoms with Gasteiger partial charge < -0.3 is 14.8 Å². The first-order valence-electron chi connectivity index (χ1n) is 6.59. The van der Waals surface area contributed by atoms with Gasteiger partial charge in [0.15, 0.2) is 6.61 Å². The largest absolute Gasteiger partial charge is 0.482 e. The number of rotatable bonds is 5. The standard InChI is InChI=1S/C15H12ClF3N2O3/c1-23-14-10(3-2-6-20-14)13(22)21-11-7-9(16)4-5-12(11)24-8-15(17,18)19/h2-7H,8H2,1H3,(H,21,22). The van der Waals surface area contributed by atoms with Crippen LogP contribution in [0.2, 0.25) is 5.02 Å². The van der Waals surface area contributed by atoms with E-state index in [-0.39, 0.29) is 27.9 Å². The number of benzene rings is 1. The summed E-state index contributed by atoms with van der Waals surface area (Å²) >= 11 is 5.83. The predicted molar refractivity (Wildman–Crippen MR) is 81.7 cm³/mol. The first-order valence-corrected chi connectivity index (χ1v) is 6.97. The second kappa shape index (κ2) is 7.39. The van der Waals surface area contributed by atoms with Crippen molar-refractivity contribution >= 4 is 23.2 Å². The fourth-order valence-corrected chi connectivity index (χ4v) is 1.97. The summed E-state index contributed by atoms with van der Waals surface area (Å²) in [6.45, 7) is -1.49. The first-order chi connectivity index (χ1) is 11.3. The third kappa shape index (κ3) is 4.76. The van der Waals surface area contributed by atoms with Crippen LogP contribution >= 0.6 is 11.6 Å². The molecule has 1 N–H and O–H groups in total. The zero-order valence-electron chi connectivity index (χ0n) is 12.4. The normalized spacial score (nSPS) is 11.0. The molecular weight excluding hydrogens is 349 g/mol. The maximum Gasteiger partial charge on any atom is 0.422 e. The van der Waals surface area contributed by atoms with Crippen molar-refractivity contribution in [2.24, 2.45) is 0 Å². The van der Waals surface area contributed by atoms with Crippen molar-refractivity contribution in [1.29, 1.82) is 0 Å². The summed E-state index contributed by atoms with van der Waals surface area (Å²) in [6.07, 6.45) is -3.07. The lowest BCUT2D eigenvalue weighted by Crippen LogP contribution is -2.20. The number of nitrogens with zero attached hydrogens (tertiary/aromatic N) is 1. The molecule has 24 heavy (non-hydrogen) atoms. The number of methoxy groups -OCH3 is 1. The number of amides is 1. The van der Waals surface area contributed by atoms with Crippen molar-refractivity contribution < 1.29 is 27.4 Å². The van der Waals surface area contributed by atoms with E-state index in [2.05, 4.69) is 10.3 Å². The highest BCUT2D eigenvalue weighted by molar-refractivity contribution is 6.31. The Morgan fingerprint density at radius 3 is 2.75 bits per heavy atom. The third-order valence-electron chi connectivity index (χ3n) is 2.79. The van der Waals surface area contributed by atoms with Crippen LogP contribution in [0.25, 0.3) is 0 Å². The number of hydrogen-bond donors (Lipinski definition) is 1. The molecule has 0 aliphatic heterocycles. The predicted octanol–water partition coefficient (Wildman–Crippen LogP) is 3.94. The van der Waals surface area contributed by atoms with Crippen LogP contribution in [0.1, 0.15) is 10.4 Å². The monoisotopic (exact) mass is 360 g/mol. The van der Waals surface area contributed by atoms with E-state index in [9.17, 15) is 18.0 Å². The molecule has 0 unspecified atom stereocenters. The molecule has 0 radical (unpaired) electrons. The molecule has 1 heterocycles. The minimum absolute atomic E-state index is 0.00246. The van der Waals surface area contributed by atoms with Crippen LogP contribution in [-0.4, -0.2) is 30.8 Å². The Hall–Kier alpha value is -2.48. The highest BCUT2D eigenvalue weighted by atomic mass is 35.5. The molecule has 9 heteroatoms. The van der Waals surface area contributed by atoms with E-state index in [1.807, 2.05) is 0 Å². The van der Waals surface area contributed by atoms with E-state index in [1.165, 1.54) is 43.6 Å². The van der Waals surface area contributed by atoms with E-state index in [4.69, 9.17) is 21.1 Å².